The maximum absolute atomic E-state index is 5.44. The smallest absolute Gasteiger partial charge is 0.123 e. The zero-order valence-electron chi connectivity index (χ0n) is 14.8. The van der Waals surface area contributed by atoms with Crippen molar-refractivity contribution < 1.29 is 9.47 Å². The molecule has 130 valence electrons. The van der Waals surface area contributed by atoms with Crippen molar-refractivity contribution in [3.63, 3.8) is 0 Å². The van der Waals surface area contributed by atoms with E-state index in [2.05, 4.69) is 41.5 Å². The van der Waals surface area contributed by atoms with Crippen LogP contribution in [-0.2, 0) is 6.54 Å². The van der Waals surface area contributed by atoms with Gasteiger partial charge in [0.15, 0.2) is 0 Å². The van der Waals surface area contributed by atoms with Crippen LogP contribution in [0.3, 0.4) is 0 Å². The summed E-state index contributed by atoms with van der Waals surface area (Å²) in [6.07, 6.45) is 5.51. The van der Waals surface area contributed by atoms with Gasteiger partial charge >= 0.3 is 0 Å². The van der Waals surface area contributed by atoms with Crippen molar-refractivity contribution in [2.45, 2.75) is 19.5 Å². The van der Waals surface area contributed by atoms with Gasteiger partial charge in [-0.2, -0.15) is 0 Å². The Bertz CT molecular complexity index is 798. The zero-order chi connectivity index (χ0) is 17.6. The largest absolute Gasteiger partial charge is 0.497 e. The third-order valence-corrected chi connectivity index (χ3v) is 4.28. The van der Waals surface area contributed by atoms with Crippen molar-refractivity contribution in [3.8, 4) is 17.2 Å². The molecule has 2 aromatic carbocycles. The van der Waals surface area contributed by atoms with E-state index in [0.717, 1.165) is 22.7 Å². The van der Waals surface area contributed by atoms with E-state index in [-0.39, 0.29) is 6.04 Å². The minimum absolute atomic E-state index is 0.216. The standard InChI is InChI=1S/C20H23N3O2/c1-15(16-4-6-18(7-5-16)23-11-10-21-14-23)22-13-17-12-19(24-2)8-9-20(17)25-3/h4-12,14-15,22H,13H2,1-3H3. The van der Waals surface area contributed by atoms with Crippen LogP contribution in [0.4, 0.5) is 0 Å². The van der Waals surface area contributed by atoms with Crippen LogP contribution in [0.15, 0.2) is 61.2 Å². The van der Waals surface area contributed by atoms with Gasteiger partial charge in [0.2, 0.25) is 0 Å². The second kappa shape index (κ2) is 7.85. The predicted octanol–water partition coefficient (Wildman–Crippen LogP) is 3.74. The molecule has 3 aromatic rings. The Hall–Kier alpha value is -2.79. The van der Waals surface area contributed by atoms with E-state index in [1.54, 1.807) is 26.7 Å². The van der Waals surface area contributed by atoms with E-state index >= 15 is 0 Å². The van der Waals surface area contributed by atoms with Gasteiger partial charge in [0.1, 0.15) is 11.5 Å². The van der Waals surface area contributed by atoms with Crippen molar-refractivity contribution in [2.24, 2.45) is 0 Å². The Morgan fingerprint density at radius 2 is 1.88 bits per heavy atom. The lowest BCUT2D eigenvalue weighted by atomic mass is 10.1. The lowest BCUT2D eigenvalue weighted by molar-refractivity contribution is 0.395. The number of rotatable bonds is 7. The molecular weight excluding hydrogens is 314 g/mol. The predicted molar refractivity (Wildman–Crippen MR) is 98.4 cm³/mol. The Kier molecular flexibility index (Phi) is 5.36. The van der Waals surface area contributed by atoms with E-state index in [1.807, 2.05) is 29.0 Å². The SMILES string of the molecule is COc1ccc(OC)c(CNC(C)c2ccc(-n3ccnc3)cc2)c1. The van der Waals surface area contributed by atoms with Gasteiger partial charge in [-0.3, -0.25) is 0 Å². The summed E-state index contributed by atoms with van der Waals surface area (Å²) in [5.41, 5.74) is 3.40. The molecular formula is C20H23N3O2. The number of hydrogen-bond acceptors (Lipinski definition) is 4. The number of hydrogen-bond donors (Lipinski definition) is 1. The minimum Gasteiger partial charge on any atom is -0.497 e. The van der Waals surface area contributed by atoms with Crippen molar-refractivity contribution in [1.82, 2.24) is 14.9 Å². The van der Waals surface area contributed by atoms with Gasteiger partial charge in [-0.1, -0.05) is 12.1 Å². The van der Waals surface area contributed by atoms with Crippen molar-refractivity contribution in [2.75, 3.05) is 14.2 Å². The monoisotopic (exact) mass is 337 g/mol. The quantitative estimate of drug-likeness (QED) is 0.713. The first-order chi connectivity index (χ1) is 12.2. The molecule has 0 bridgehead atoms. The van der Waals surface area contributed by atoms with Crippen LogP contribution in [0, 0.1) is 0 Å². The molecule has 5 nitrogen and oxygen atoms in total. The molecule has 0 amide bonds. The Balaban J connectivity index is 1.67. The van der Waals surface area contributed by atoms with E-state index in [4.69, 9.17) is 9.47 Å². The summed E-state index contributed by atoms with van der Waals surface area (Å²) in [4.78, 5) is 4.08. The molecule has 1 heterocycles. The maximum Gasteiger partial charge on any atom is 0.123 e. The normalized spacial score (nSPS) is 12.0. The van der Waals surface area contributed by atoms with Gasteiger partial charge in [-0.05, 0) is 42.8 Å². The summed E-state index contributed by atoms with van der Waals surface area (Å²) in [5.74, 6) is 1.69. The number of nitrogens with one attached hydrogen (secondary N) is 1. The van der Waals surface area contributed by atoms with Crippen LogP contribution in [0.2, 0.25) is 0 Å². The van der Waals surface area contributed by atoms with Crippen molar-refractivity contribution in [3.05, 3.63) is 72.3 Å². The average molecular weight is 337 g/mol. The van der Waals surface area contributed by atoms with E-state index in [0.29, 0.717) is 6.54 Å². The highest BCUT2D eigenvalue weighted by atomic mass is 16.5. The summed E-state index contributed by atoms with van der Waals surface area (Å²) in [6, 6.07) is 14.5. The summed E-state index contributed by atoms with van der Waals surface area (Å²) in [6.45, 7) is 2.85. The zero-order valence-corrected chi connectivity index (χ0v) is 14.8. The molecule has 0 saturated heterocycles. The first-order valence-corrected chi connectivity index (χ1v) is 8.24. The van der Waals surface area contributed by atoms with Gasteiger partial charge in [-0.25, -0.2) is 4.98 Å². The molecule has 5 heteroatoms. The number of ether oxygens (including phenoxy) is 2. The number of nitrogens with zero attached hydrogens (tertiary/aromatic N) is 2. The minimum atomic E-state index is 0.216. The van der Waals surface area contributed by atoms with E-state index in [9.17, 15) is 0 Å². The fourth-order valence-corrected chi connectivity index (χ4v) is 2.75. The molecule has 0 spiro atoms. The molecule has 0 aliphatic heterocycles. The summed E-state index contributed by atoms with van der Waals surface area (Å²) in [7, 11) is 3.35. The van der Waals surface area contributed by atoms with E-state index < -0.39 is 0 Å². The summed E-state index contributed by atoms with van der Waals surface area (Å²) < 4.78 is 12.7. The lowest BCUT2D eigenvalue weighted by Crippen LogP contribution is -2.18. The van der Waals surface area contributed by atoms with Gasteiger partial charge in [0, 0.05) is 36.2 Å². The molecule has 1 unspecified atom stereocenters. The summed E-state index contributed by atoms with van der Waals surface area (Å²) in [5, 5.41) is 3.54. The van der Waals surface area contributed by atoms with Crippen molar-refractivity contribution >= 4 is 0 Å². The highest BCUT2D eigenvalue weighted by Gasteiger charge is 2.09. The molecule has 1 atom stereocenters. The second-order valence-corrected chi connectivity index (χ2v) is 5.84. The molecule has 1 aromatic heterocycles. The number of benzene rings is 2. The Morgan fingerprint density at radius 1 is 1.08 bits per heavy atom. The van der Waals surface area contributed by atoms with Crippen molar-refractivity contribution in [1.29, 1.82) is 0 Å². The summed E-state index contributed by atoms with van der Waals surface area (Å²) >= 11 is 0. The maximum atomic E-state index is 5.44. The molecule has 1 N–H and O–H groups in total. The fourth-order valence-electron chi connectivity index (χ4n) is 2.75. The third kappa shape index (κ3) is 4.00. The molecule has 0 aliphatic carbocycles. The van der Waals surface area contributed by atoms with Crippen LogP contribution < -0.4 is 14.8 Å². The van der Waals surface area contributed by atoms with Gasteiger partial charge in [0.05, 0.1) is 20.5 Å². The highest BCUT2D eigenvalue weighted by Crippen LogP contribution is 2.25. The Morgan fingerprint density at radius 3 is 2.52 bits per heavy atom. The van der Waals surface area contributed by atoms with Gasteiger partial charge in [0.25, 0.3) is 0 Å². The van der Waals surface area contributed by atoms with Crippen LogP contribution in [0.5, 0.6) is 11.5 Å². The number of aromatic nitrogens is 2. The van der Waals surface area contributed by atoms with Crippen LogP contribution in [0.25, 0.3) is 5.69 Å². The van der Waals surface area contributed by atoms with E-state index in [1.165, 1.54) is 5.56 Å². The highest BCUT2D eigenvalue weighted by molar-refractivity contribution is 5.40. The first kappa shape index (κ1) is 17.0. The molecule has 3 rings (SSSR count). The average Bonchev–Trinajstić information content (AvgIpc) is 3.20. The third-order valence-electron chi connectivity index (χ3n) is 4.28. The molecule has 0 saturated carbocycles. The fraction of sp³-hybridized carbons (Fsp3) is 0.250. The van der Waals surface area contributed by atoms with Crippen LogP contribution >= 0.6 is 0 Å². The van der Waals surface area contributed by atoms with Crippen LogP contribution in [-0.4, -0.2) is 23.8 Å². The van der Waals surface area contributed by atoms with Gasteiger partial charge in [-0.15, -0.1) is 0 Å². The molecule has 25 heavy (non-hydrogen) atoms. The Labute approximate surface area is 148 Å². The number of methoxy groups -OCH3 is 2. The molecule has 0 fully saturated rings. The molecule has 0 radical (unpaired) electrons. The molecule has 0 aliphatic rings. The lowest BCUT2D eigenvalue weighted by Gasteiger charge is -2.17. The topological polar surface area (TPSA) is 48.3 Å². The van der Waals surface area contributed by atoms with Crippen LogP contribution in [0.1, 0.15) is 24.1 Å². The number of imidazole rings is 1. The second-order valence-electron chi connectivity index (χ2n) is 5.84. The van der Waals surface area contributed by atoms with Gasteiger partial charge < -0.3 is 19.4 Å². The first-order valence-electron chi connectivity index (χ1n) is 8.24.